The summed E-state index contributed by atoms with van der Waals surface area (Å²) in [5.41, 5.74) is 4.43. The highest BCUT2D eigenvalue weighted by Crippen LogP contribution is 2.12. The molecule has 0 radical (unpaired) electrons. The molecule has 2 aromatic carbocycles. The number of aromatic nitrogens is 2. The number of hydrogen-bond donors (Lipinski definition) is 3. The number of hydrazine groups is 1. The summed E-state index contributed by atoms with van der Waals surface area (Å²) in [5.74, 6) is -1.18. The van der Waals surface area contributed by atoms with Crippen LogP contribution < -0.4 is 16.4 Å². The van der Waals surface area contributed by atoms with Crippen LogP contribution in [0.3, 0.4) is 0 Å². The van der Waals surface area contributed by atoms with E-state index in [0.717, 1.165) is 0 Å². The Morgan fingerprint density at radius 1 is 0.958 bits per heavy atom. The molecule has 0 spiro atoms. The van der Waals surface area contributed by atoms with Gasteiger partial charge in [-0.15, -0.1) is 0 Å². The summed E-state index contributed by atoms with van der Waals surface area (Å²) in [4.78, 5) is 35.9. The summed E-state index contributed by atoms with van der Waals surface area (Å²) in [7, 11) is 0. The average molecular weight is 343 g/mol. The number of hydrogen-bond acceptors (Lipinski definition) is 4. The Bertz CT molecular complexity index is 1000. The van der Waals surface area contributed by atoms with E-state index in [4.69, 9.17) is 11.6 Å². The van der Waals surface area contributed by atoms with Crippen LogP contribution in [-0.2, 0) is 0 Å². The number of nitrogens with zero attached hydrogens (tertiary/aromatic N) is 1. The molecule has 0 unspecified atom stereocenters. The molecule has 3 aromatic rings. The SMILES string of the molecule is O=C(NNC(=O)c1n[nH]c(=O)c2ccccc12)c1cccc(Cl)c1. The minimum absolute atomic E-state index is 0.00315. The number of carbonyl (C=O) groups excluding carboxylic acids is 2. The maximum Gasteiger partial charge on any atom is 0.290 e. The van der Waals surface area contributed by atoms with Crippen LogP contribution in [0.5, 0.6) is 0 Å². The number of benzene rings is 2. The number of aromatic amines is 1. The Hall–Kier alpha value is -3.19. The number of fused-ring (bicyclic) bond motifs is 1. The standard InChI is InChI=1S/C16H11ClN4O3/c17-10-5-3-4-9(8-10)14(22)19-21-16(24)13-11-6-1-2-7-12(11)15(23)20-18-13/h1-8H,(H,19,22)(H,20,23)(H,21,24). The second-order valence-corrected chi connectivity index (χ2v) is 5.30. The molecule has 3 rings (SSSR count). The number of rotatable bonds is 2. The predicted molar refractivity (Wildman–Crippen MR) is 88.7 cm³/mol. The molecule has 3 N–H and O–H groups in total. The van der Waals surface area contributed by atoms with Crippen molar-refractivity contribution in [3.05, 3.63) is 75.2 Å². The first kappa shape index (κ1) is 15.7. The summed E-state index contributed by atoms with van der Waals surface area (Å²) in [6.45, 7) is 0. The molecule has 8 heteroatoms. The lowest BCUT2D eigenvalue weighted by atomic mass is 10.1. The highest BCUT2D eigenvalue weighted by molar-refractivity contribution is 6.31. The molecule has 7 nitrogen and oxygen atoms in total. The molecule has 0 saturated heterocycles. The number of amides is 2. The van der Waals surface area contributed by atoms with Crippen LogP contribution in [0.2, 0.25) is 5.02 Å². The maximum absolute atomic E-state index is 12.2. The van der Waals surface area contributed by atoms with Gasteiger partial charge in [-0.3, -0.25) is 25.2 Å². The van der Waals surface area contributed by atoms with Crippen LogP contribution in [0.15, 0.2) is 53.3 Å². The molecule has 0 aliphatic carbocycles. The van der Waals surface area contributed by atoms with Crippen molar-refractivity contribution in [1.29, 1.82) is 0 Å². The van der Waals surface area contributed by atoms with Gasteiger partial charge >= 0.3 is 0 Å². The van der Waals surface area contributed by atoms with Crippen molar-refractivity contribution in [2.45, 2.75) is 0 Å². The highest BCUT2D eigenvalue weighted by atomic mass is 35.5. The summed E-state index contributed by atoms with van der Waals surface area (Å²) in [5, 5.41) is 7.13. The lowest BCUT2D eigenvalue weighted by molar-refractivity contribution is 0.0844. The van der Waals surface area contributed by atoms with Crippen LogP contribution in [0, 0.1) is 0 Å². The van der Waals surface area contributed by atoms with Gasteiger partial charge in [-0.1, -0.05) is 35.9 Å². The number of carbonyl (C=O) groups is 2. The number of nitrogens with one attached hydrogen (secondary N) is 3. The minimum atomic E-state index is -0.655. The minimum Gasteiger partial charge on any atom is -0.267 e. The van der Waals surface area contributed by atoms with E-state index in [2.05, 4.69) is 21.0 Å². The normalized spacial score (nSPS) is 10.4. The van der Waals surface area contributed by atoms with Gasteiger partial charge in [-0.25, -0.2) is 5.10 Å². The van der Waals surface area contributed by atoms with Crippen LogP contribution in [-0.4, -0.2) is 22.0 Å². The van der Waals surface area contributed by atoms with Gasteiger partial charge in [0.05, 0.1) is 5.39 Å². The van der Waals surface area contributed by atoms with E-state index >= 15 is 0 Å². The molecular weight excluding hydrogens is 332 g/mol. The molecule has 0 atom stereocenters. The van der Waals surface area contributed by atoms with Gasteiger partial charge in [-0.2, -0.15) is 5.10 Å². The average Bonchev–Trinajstić information content (AvgIpc) is 2.60. The number of halogens is 1. The van der Waals surface area contributed by atoms with E-state index < -0.39 is 17.4 Å². The first-order chi connectivity index (χ1) is 11.6. The second kappa shape index (κ2) is 6.51. The van der Waals surface area contributed by atoms with Crippen molar-refractivity contribution in [2.24, 2.45) is 0 Å². The third-order valence-corrected chi connectivity index (χ3v) is 3.52. The molecule has 0 fully saturated rings. The summed E-state index contributed by atoms with van der Waals surface area (Å²) >= 11 is 5.82. The second-order valence-electron chi connectivity index (χ2n) is 4.87. The monoisotopic (exact) mass is 342 g/mol. The van der Waals surface area contributed by atoms with E-state index in [1.807, 2.05) is 0 Å². The molecule has 0 aliphatic heterocycles. The zero-order valence-electron chi connectivity index (χ0n) is 12.2. The molecule has 0 bridgehead atoms. The van der Waals surface area contributed by atoms with E-state index in [-0.39, 0.29) is 5.69 Å². The van der Waals surface area contributed by atoms with Crippen molar-refractivity contribution in [2.75, 3.05) is 0 Å². The van der Waals surface area contributed by atoms with Gasteiger partial charge in [0.25, 0.3) is 17.4 Å². The van der Waals surface area contributed by atoms with E-state index in [9.17, 15) is 14.4 Å². The van der Waals surface area contributed by atoms with E-state index in [1.54, 1.807) is 42.5 Å². The molecule has 1 aromatic heterocycles. The Morgan fingerprint density at radius 2 is 1.67 bits per heavy atom. The third-order valence-electron chi connectivity index (χ3n) is 3.29. The van der Waals surface area contributed by atoms with Gasteiger partial charge in [-0.05, 0) is 24.3 Å². The van der Waals surface area contributed by atoms with Gasteiger partial charge in [0.1, 0.15) is 0 Å². The Kier molecular flexibility index (Phi) is 4.26. The maximum atomic E-state index is 12.2. The lowest BCUT2D eigenvalue weighted by Gasteiger charge is -2.08. The zero-order chi connectivity index (χ0) is 17.1. The summed E-state index contributed by atoms with van der Waals surface area (Å²) < 4.78 is 0. The highest BCUT2D eigenvalue weighted by Gasteiger charge is 2.15. The molecule has 0 saturated carbocycles. The molecule has 1 heterocycles. The fourth-order valence-corrected chi connectivity index (χ4v) is 2.35. The predicted octanol–water partition coefficient (Wildman–Crippen LogP) is 1.65. The fraction of sp³-hybridized carbons (Fsp3) is 0. The first-order valence-corrected chi connectivity index (χ1v) is 7.28. The molecule has 120 valence electrons. The lowest BCUT2D eigenvalue weighted by Crippen LogP contribution is -2.42. The number of H-pyrrole nitrogens is 1. The Balaban J connectivity index is 1.80. The van der Waals surface area contributed by atoms with E-state index in [0.29, 0.717) is 21.4 Å². The molecular formula is C16H11ClN4O3. The van der Waals surface area contributed by atoms with E-state index in [1.165, 1.54) is 6.07 Å². The first-order valence-electron chi connectivity index (χ1n) is 6.90. The van der Waals surface area contributed by atoms with Crippen LogP contribution in [0.4, 0.5) is 0 Å². The van der Waals surface area contributed by atoms with Crippen LogP contribution in [0.25, 0.3) is 10.8 Å². The Morgan fingerprint density at radius 3 is 2.42 bits per heavy atom. The van der Waals surface area contributed by atoms with Crippen LogP contribution >= 0.6 is 11.6 Å². The zero-order valence-corrected chi connectivity index (χ0v) is 12.9. The summed E-state index contributed by atoms with van der Waals surface area (Å²) in [6, 6.07) is 12.8. The van der Waals surface area contributed by atoms with Gasteiger partial charge in [0, 0.05) is 16.0 Å². The largest absolute Gasteiger partial charge is 0.290 e. The Labute approximate surface area is 140 Å². The van der Waals surface area contributed by atoms with Gasteiger partial charge < -0.3 is 0 Å². The van der Waals surface area contributed by atoms with Crippen molar-refractivity contribution in [3.8, 4) is 0 Å². The van der Waals surface area contributed by atoms with Gasteiger partial charge in [0.15, 0.2) is 5.69 Å². The molecule has 0 aliphatic rings. The van der Waals surface area contributed by atoms with Crippen molar-refractivity contribution in [3.63, 3.8) is 0 Å². The quantitative estimate of drug-likeness (QED) is 0.616. The van der Waals surface area contributed by atoms with Crippen molar-refractivity contribution >= 4 is 34.2 Å². The van der Waals surface area contributed by atoms with Gasteiger partial charge in [0.2, 0.25) is 0 Å². The smallest absolute Gasteiger partial charge is 0.267 e. The third kappa shape index (κ3) is 3.11. The van der Waals surface area contributed by atoms with Crippen molar-refractivity contribution in [1.82, 2.24) is 21.0 Å². The van der Waals surface area contributed by atoms with Crippen molar-refractivity contribution < 1.29 is 9.59 Å². The summed E-state index contributed by atoms with van der Waals surface area (Å²) in [6.07, 6.45) is 0. The molecule has 2 amide bonds. The van der Waals surface area contributed by atoms with Crippen LogP contribution in [0.1, 0.15) is 20.8 Å². The molecule has 24 heavy (non-hydrogen) atoms. The fourth-order valence-electron chi connectivity index (χ4n) is 2.16. The topological polar surface area (TPSA) is 104 Å².